The average molecular weight is 317 g/mol. The Morgan fingerprint density at radius 3 is 3.00 bits per heavy atom. The van der Waals surface area contributed by atoms with Crippen LogP contribution in [-0.2, 0) is 16.0 Å². The summed E-state index contributed by atoms with van der Waals surface area (Å²) in [6, 6.07) is 11.7. The number of hydrogen-bond acceptors (Lipinski definition) is 4. The molecule has 2 N–H and O–H groups in total. The van der Waals surface area contributed by atoms with Crippen molar-refractivity contribution in [2.45, 2.75) is 25.0 Å². The molecule has 3 rings (SSSR count). The maximum atomic E-state index is 12.6. The van der Waals surface area contributed by atoms with E-state index < -0.39 is 6.10 Å². The fourth-order valence-electron chi connectivity index (χ4n) is 2.76. The Hall–Kier alpha value is -1.69. The van der Waals surface area contributed by atoms with Gasteiger partial charge in [0, 0.05) is 11.5 Å². The second-order valence-corrected chi connectivity index (χ2v) is 6.27. The van der Waals surface area contributed by atoms with Crippen molar-refractivity contribution in [3.8, 4) is 0 Å². The predicted molar refractivity (Wildman–Crippen MR) is 85.7 cm³/mol. The average Bonchev–Trinajstić information content (AvgIpc) is 3.08. The molecule has 1 aromatic carbocycles. The second-order valence-electron chi connectivity index (χ2n) is 5.29. The minimum Gasteiger partial charge on any atom is -0.396 e. The summed E-state index contributed by atoms with van der Waals surface area (Å²) in [5, 5.41) is 14.2. The van der Waals surface area contributed by atoms with E-state index in [0.717, 1.165) is 16.9 Å². The van der Waals surface area contributed by atoms with Gasteiger partial charge in [0.2, 0.25) is 0 Å². The zero-order chi connectivity index (χ0) is 15.4. The van der Waals surface area contributed by atoms with Gasteiger partial charge in [-0.15, -0.1) is 11.3 Å². The molecule has 1 amide bonds. The Morgan fingerprint density at radius 2 is 2.23 bits per heavy atom. The van der Waals surface area contributed by atoms with Crippen LogP contribution < -0.4 is 5.32 Å². The Labute approximate surface area is 133 Å². The molecule has 22 heavy (non-hydrogen) atoms. The van der Waals surface area contributed by atoms with E-state index in [9.17, 15) is 9.90 Å². The molecule has 0 radical (unpaired) electrons. The third-order valence-corrected chi connectivity index (χ3v) is 4.84. The van der Waals surface area contributed by atoms with Crippen molar-refractivity contribution in [2.24, 2.45) is 0 Å². The highest BCUT2D eigenvalue weighted by atomic mass is 32.1. The molecule has 116 valence electrons. The van der Waals surface area contributed by atoms with E-state index in [1.54, 1.807) is 11.3 Å². The van der Waals surface area contributed by atoms with Gasteiger partial charge in [0.05, 0.1) is 12.6 Å². The third kappa shape index (κ3) is 3.21. The first-order chi connectivity index (χ1) is 10.8. The van der Waals surface area contributed by atoms with Crippen LogP contribution in [0, 0.1) is 0 Å². The number of aliphatic hydroxyl groups is 1. The van der Waals surface area contributed by atoms with Crippen LogP contribution in [-0.4, -0.2) is 24.2 Å². The molecule has 2 heterocycles. The summed E-state index contributed by atoms with van der Waals surface area (Å²) in [6.45, 7) is 0.587. The minimum atomic E-state index is -0.564. The van der Waals surface area contributed by atoms with Crippen molar-refractivity contribution in [3.63, 3.8) is 0 Å². The highest BCUT2D eigenvalue weighted by molar-refractivity contribution is 7.10. The quantitative estimate of drug-likeness (QED) is 0.891. The molecule has 0 saturated carbocycles. The molecule has 0 saturated heterocycles. The van der Waals surface area contributed by atoms with Crippen LogP contribution in [0.4, 0.5) is 0 Å². The molecule has 0 bridgehead atoms. The van der Waals surface area contributed by atoms with Gasteiger partial charge >= 0.3 is 0 Å². The van der Waals surface area contributed by atoms with E-state index in [-0.39, 0.29) is 18.6 Å². The third-order valence-electron chi connectivity index (χ3n) is 3.85. The highest BCUT2D eigenvalue weighted by Crippen LogP contribution is 2.29. The monoisotopic (exact) mass is 317 g/mol. The molecule has 2 atom stereocenters. The molecule has 5 heteroatoms. The fourth-order valence-corrected chi connectivity index (χ4v) is 3.58. The normalized spacial score (nSPS) is 18.5. The summed E-state index contributed by atoms with van der Waals surface area (Å²) >= 11 is 1.58. The number of thiophene rings is 1. The molecule has 4 nitrogen and oxygen atoms in total. The Morgan fingerprint density at radius 1 is 1.36 bits per heavy atom. The van der Waals surface area contributed by atoms with Crippen LogP contribution >= 0.6 is 11.3 Å². The smallest absolute Gasteiger partial charge is 0.254 e. The van der Waals surface area contributed by atoms with E-state index in [4.69, 9.17) is 4.74 Å². The van der Waals surface area contributed by atoms with Crippen LogP contribution in [0.5, 0.6) is 0 Å². The lowest BCUT2D eigenvalue weighted by Gasteiger charge is -2.27. The standard InChI is InChI=1S/C17H19NO3S/c19-9-7-14(15-6-3-11-22-15)18-17(20)16-13-5-2-1-4-12(13)8-10-21-16/h1-6,11,14,16,19H,7-10H2,(H,18,20)/t14-,16+/m0/s1. The molecule has 0 unspecified atom stereocenters. The number of carbonyl (C=O) groups is 1. The number of rotatable bonds is 5. The number of carbonyl (C=O) groups excluding carboxylic acids is 1. The largest absolute Gasteiger partial charge is 0.396 e. The first kappa shape index (κ1) is 15.2. The summed E-state index contributed by atoms with van der Waals surface area (Å²) in [4.78, 5) is 13.7. The lowest BCUT2D eigenvalue weighted by Crippen LogP contribution is -2.36. The van der Waals surface area contributed by atoms with Crippen LogP contribution in [0.2, 0.25) is 0 Å². The second kappa shape index (κ2) is 7.05. The number of hydrogen-bond donors (Lipinski definition) is 2. The van der Waals surface area contributed by atoms with Crippen molar-refractivity contribution in [2.75, 3.05) is 13.2 Å². The Bertz CT molecular complexity index is 627. The number of aliphatic hydroxyl groups excluding tert-OH is 1. The van der Waals surface area contributed by atoms with Gasteiger partial charge in [-0.1, -0.05) is 30.3 Å². The SMILES string of the molecule is O=C(N[C@@H](CCO)c1cccs1)[C@@H]1OCCc2ccccc21. The topological polar surface area (TPSA) is 58.6 Å². The molecular formula is C17H19NO3S. The van der Waals surface area contributed by atoms with Gasteiger partial charge in [-0.2, -0.15) is 0 Å². The number of benzene rings is 1. The molecule has 0 fully saturated rings. The van der Waals surface area contributed by atoms with Gasteiger partial charge in [0.15, 0.2) is 6.10 Å². The Balaban J connectivity index is 1.77. The maximum absolute atomic E-state index is 12.6. The van der Waals surface area contributed by atoms with Crippen molar-refractivity contribution in [3.05, 3.63) is 57.8 Å². The minimum absolute atomic E-state index is 0.0327. The van der Waals surface area contributed by atoms with E-state index in [2.05, 4.69) is 5.32 Å². The van der Waals surface area contributed by atoms with Gasteiger partial charge in [0.1, 0.15) is 0 Å². The van der Waals surface area contributed by atoms with E-state index in [0.29, 0.717) is 13.0 Å². The number of fused-ring (bicyclic) bond motifs is 1. The number of amides is 1. The zero-order valence-corrected chi connectivity index (χ0v) is 13.0. The Kier molecular flexibility index (Phi) is 4.87. The summed E-state index contributed by atoms with van der Waals surface area (Å²) < 4.78 is 5.69. The van der Waals surface area contributed by atoms with Crippen molar-refractivity contribution >= 4 is 17.2 Å². The summed E-state index contributed by atoms with van der Waals surface area (Å²) in [5.74, 6) is -0.140. The van der Waals surface area contributed by atoms with Crippen molar-refractivity contribution < 1.29 is 14.6 Å². The molecule has 1 aliphatic heterocycles. The first-order valence-electron chi connectivity index (χ1n) is 7.43. The lowest BCUT2D eigenvalue weighted by atomic mass is 9.97. The number of ether oxygens (including phenoxy) is 1. The number of nitrogens with one attached hydrogen (secondary N) is 1. The molecule has 0 spiro atoms. The van der Waals surface area contributed by atoms with Gasteiger partial charge in [-0.3, -0.25) is 4.79 Å². The van der Waals surface area contributed by atoms with E-state index >= 15 is 0 Å². The zero-order valence-electron chi connectivity index (χ0n) is 12.2. The molecule has 2 aromatic rings. The van der Waals surface area contributed by atoms with Crippen molar-refractivity contribution in [1.29, 1.82) is 0 Å². The maximum Gasteiger partial charge on any atom is 0.254 e. The van der Waals surface area contributed by atoms with Gasteiger partial charge in [0.25, 0.3) is 5.91 Å². The molecule has 1 aromatic heterocycles. The summed E-state index contributed by atoms with van der Waals surface area (Å²) in [7, 11) is 0. The van der Waals surface area contributed by atoms with Crippen molar-refractivity contribution in [1.82, 2.24) is 5.32 Å². The van der Waals surface area contributed by atoms with Crippen LogP contribution in [0.15, 0.2) is 41.8 Å². The van der Waals surface area contributed by atoms with E-state index in [1.807, 2.05) is 41.8 Å². The van der Waals surface area contributed by atoms with Gasteiger partial charge < -0.3 is 15.2 Å². The van der Waals surface area contributed by atoms with Crippen LogP contribution in [0.3, 0.4) is 0 Å². The molecule has 1 aliphatic rings. The molecule has 0 aliphatic carbocycles. The molecular weight excluding hydrogens is 298 g/mol. The van der Waals surface area contributed by atoms with E-state index in [1.165, 1.54) is 5.56 Å². The predicted octanol–water partition coefficient (Wildman–Crippen LogP) is 2.60. The van der Waals surface area contributed by atoms with Gasteiger partial charge in [-0.05, 0) is 35.4 Å². The summed E-state index contributed by atoms with van der Waals surface area (Å²) in [6.07, 6.45) is 0.775. The van der Waals surface area contributed by atoms with Gasteiger partial charge in [-0.25, -0.2) is 0 Å². The van der Waals surface area contributed by atoms with Crippen LogP contribution in [0.1, 0.15) is 34.6 Å². The first-order valence-corrected chi connectivity index (χ1v) is 8.31. The lowest BCUT2D eigenvalue weighted by molar-refractivity contribution is -0.135. The fraction of sp³-hybridized carbons (Fsp3) is 0.353. The summed E-state index contributed by atoms with van der Waals surface area (Å²) in [5.41, 5.74) is 2.11. The van der Waals surface area contributed by atoms with Crippen LogP contribution in [0.25, 0.3) is 0 Å². The highest BCUT2D eigenvalue weighted by Gasteiger charge is 2.29.